The van der Waals surface area contributed by atoms with E-state index >= 15 is 0 Å². The van der Waals surface area contributed by atoms with Gasteiger partial charge in [-0.2, -0.15) is 18.3 Å². The highest BCUT2D eigenvalue weighted by Gasteiger charge is 2.33. The van der Waals surface area contributed by atoms with Crippen molar-refractivity contribution in [3.05, 3.63) is 18.0 Å². The van der Waals surface area contributed by atoms with Gasteiger partial charge in [0.1, 0.15) is 6.54 Å². The minimum Gasteiger partial charge on any atom is -0.382 e. The van der Waals surface area contributed by atoms with Gasteiger partial charge in [-0.1, -0.05) is 0 Å². The lowest BCUT2D eigenvalue weighted by Crippen LogP contribution is -2.29. The molecule has 1 N–H and O–H groups in total. The molecule has 0 aliphatic carbocycles. The molecule has 0 fully saturated rings. The lowest BCUT2D eigenvalue weighted by Gasteiger charge is -2.06. The number of alkyl halides is 3. The Bertz CT molecular complexity index is 435. The summed E-state index contributed by atoms with van der Waals surface area (Å²) < 4.78 is 47.9. The fraction of sp³-hybridized carbons (Fsp3) is 0.667. The number of carbonyl (C=O) groups excluding carboxylic acids is 1. The minimum absolute atomic E-state index is 0.249. The van der Waals surface area contributed by atoms with Gasteiger partial charge in [-0.15, -0.1) is 0 Å². The molecule has 21 heavy (non-hydrogen) atoms. The normalized spacial score (nSPS) is 11.6. The second-order valence-corrected chi connectivity index (χ2v) is 4.20. The van der Waals surface area contributed by atoms with Crippen LogP contribution in [0.2, 0.25) is 0 Å². The average molecular weight is 309 g/mol. The molecule has 1 amide bonds. The summed E-state index contributed by atoms with van der Waals surface area (Å²) in [4.78, 5) is 11.5. The molecule has 1 rings (SSSR count). The van der Waals surface area contributed by atoms with Gasteiger partial charge < -0.3 is 14.8 Å². The monoisotopic (exact) mass is 309 g/mol. The Morgan fingerprint density at radius 1 is 1.38 bits per heavy atom. The van der Waals surface area contributed by atoms with E-state index in [1.54, 1.807) is 7.11 Å². The molecule has 0 atom stereocenters. The molecule has 0 saturated carbocycles. The molecule has 9 heteroatoms. The number of carbonyl (C=O) groups is 1. The Morgan fingerprint density at radius 2 is 2.14 bits per heavy atom. The molecular formula is C12H18F3N3O3. The maximum absolute atomic E-state index is 12.3. The summed E-state index contributed by atoms with van der Waals surface area (Å²) in [6.07, 6.45) is -2.76. The highest BCUT2D eigenvalue weighted by atomic mass is 19.4. The van der Waals surface area contributed by atoms with Crippen molar-refractivity contribution in [2.75, 3.05) is 33.5 Å². The predicted molar refractivity (Wildman–Crippen MR) is 67.6 cm³/mol. The van der Waals surface area contributed by atoms with Crippen LogP contribution in [0.1, 0.15) is 12.1 Å². The smallest absolute Gasteiger partial charge is 0.382 e. The Labute approximate surface area is 120 Å². The van der Waals surface area contributed by atoms with Gasteiger partial charge >= 0.3 is 6.18 Å². The Balaban J connectivity index is 2.18. The topological polar surface area (TPSA) is 65.4 Å². The summed E-state index contributed by atoms with van der Waals surface area (Å²) in [6.45, 7) is 1.61. The molecule has 1 aromatic heterocycles. The van der Waals surface area contributed by atoms with Crippen molar-refractivity contribution in [1.82, 2.24) is 15.1 Å². The van der Waals surface area contributed by atoms with E-state index in [4.69, 9.17) is 9.47 Å². The largest absolute Gasteiger partial charge is 0.435 e. The first-order valence-corrected chi connectivity index (χ1v) is 6.37. The Kier molecular flexibility index (Phi) is 7.17. The van der Waals surface area contributed by atoms with Crippen molar-refractivity contribution in [3.63, 3.8) is 0 Å². The van der Waals surface area contributed by atoms with Crippen LogP contribution in [0.4, 0.5) is 13.2 Å². The van der Waals surface area contributed by atoms with Gasteiger partial charge in [0.15, 0.2) is 5.69 Å². The molecule has 1 heterocycles. The van der Waals surface area contributed by atoms with Crippen LogP contribution >= 0.6 is 0 Å². The van der Waals surface area contributed by atoms with E-state index in [0.717, 1.165) is 16.9 Å². The standard InChI is InChI=1S/C12H18F3N3O3/c1-20-7-8-21-6-2-4-16-11(19)9-18-5-3-10(17-18)12(13,14)15/h3,5H,2,4,6-9H2,1H3,(H,16,19). The summed E-state index contributed by atoms with van der Waals surface area (Å²) >= 11 is 0. The van der Waals surface area contributed by atoms with Gasteiger partial charge in [-0.3, -0.25) is 9.48 Å². The van der Waals surface area contributed by atoms with Crippen LogP contribution in [0, 0.1) is 0 Å². The summed E-state index contributed by atoms with van der Waals surface area (Å²) in [5.74, 6) is -0.399. The van der Waals surface area contributed by atoms with Crippen LogP contribution in [-0.4, -0.2) is 49.2 Å². The fourth-order valence-electron chi connectivity index (χ4n) is 1.45. The molecular weight excluding hydrogens is 291 g/mol. The third-order valence-electron chi connectivity index (χ3n) is 2.46. The molecule has 0 aromatic carbocycles. The zero-order chi connectivity index (χ0) is 15.7. The summed E-state index contributed by atoms with van der Waals surface area (Å²) in [5, 5.41) is 5.87. The number of rotatable bonds is 9. The second-order valence-electron chi connectivity index (χ2n) is 4.20. The molecule has 0 bridgehead atoms. The van der Waals surface area contributed by atoms with E-state index in [2.05, 4.69) is 10.4 Å². The zero-order valence-corrected chi connectivity index (χ0v) is 11.7. The van der Waals surface area contributed by atoms with E-state index in [1.807, 2.05) is 0 Å². The van der Waals surface area contributed by atoms with Crippen molar-refractivity contribution < 1.29 is 27.4 Å². The van der Waals surface area contributed by atoms with Crippen molar-refractivity contribution in [3.8, 4) is 0 Å². The maximum atomic E-state index is 12.3. The first-order valence-electron chi connectivity index (χ1n) is 6.37. The first kappa shape index (κ1) is 17.4. The van der Waals surface area contributed by atoms with Crippen LogP contribution < -0.4 is 5.32 Å². The first-order chi connectivity index (χ1) is 9.93. The highest BCUT2D eigenvalue weighted by molar-refractivity contribution is 5.75. The van der Waals surface area contributed by atoms with Crippen molar-refractivity contribution in [2.24, 2.45) is 0 Å². The third-order valence-corrected chi connectivity index (χ3v) is 2.46. The number of halogens is 3. The molecule has 0 aliphatic rings. The van der Waals surface area contributed by atoms with Gasteiger partial charge in [-0.25, -0.2) is 0 Å². The van der Waals surface area contributed by atoms with E-state index in [9.17, 15) is 18.0 Å². The zero-order valence-electron chi connectivity index (χ0n) is 11.7. The molecule has 0 spiro atoms. The van der Waals surface area contributed by atoms with E-state index < -0.39 is 17.8 Å². The number of nitrogens with one attached hydrogen (secondary N) is 1. The van der Waals surface area contributed by atoms with E-state index in [-0.39, 0.29) is 6.54 Å². The number of nitrogens with zero attached hydrogens (tertiary/aromatic N) is 2. The van der Waals surface area contributed by atoms with Crippen LogP contribution in [0.5, 0.6) is 0 Å². The van der Waals surface area contributed by atoms with Crippen LogP contribution in [0.3, 0.4) is 0 Å². The Morgan fingerprint density at radius 3 is 2.76 bits per heavy atom. The number of amides is 1. The van der Waals surface area contributed by atoms with Gasteiger partial charge in [0.2, 0.25) is 5.91 Å². The van der Waals surface area contributed by atoms with Gasteiger partial charge in [-0.05, 0) is 12.5 Å². The minimum atomic E-state index is -4.50. The van der Waals surface area contributed by atoms with E-state index in [0.29, 0.717) is 32.8 Å². The molecule has 0 radical (unpaired) electrons. The van der Waals surface area contributed by atoms with Gasteiger partial charge in [0.05, 0.1) is 13.2 Å². The lowest BCUT2D eigenvalue weighted by molar-refractivity contribution is -0.141. The molecule has 6 nitrogen and oxygen atoms in total. The average Bonchev–Trinajstić information content (AvgIpc) is 2.86. The second kappa shape index (κ2) is 8.63. The lowest BCUT2D eigenvalue weighted by atomic mass is 10.4. The fourth-order valence-corrected chi connectivity index (χ4v) is 1.45. The predicted octanol–water partition coefficient (Wildman–Crippen LogP) is 1.07. The number of ether oxygens (including phenoxy) is 2. The van der Waals surface area contributed by atoms with Crippen LogP contribution in [0.25, 0.3) is 0 Å². The summed E-state index contributed by atoms with van der Waals surface area (Å²) in [7, 11) is 1.57. The molecule has 120 valence electrons. The van der Waals surface area contributed by atoms with Crippen molar-refractivity contribution >= 4 is 5.91 Å². The van der Waals surface area contributed by atoms with Crippen LogP contribution in [0.15, 0.2) is 12.3 Å². The SMILES string of the molecule is COCCOCCCNC(=O)Cn1ccc(C(F)(F)F)n1. The molecule has 0 aliphatic heterocycles. The van der Waals surface area contributed by atoms with Gasteiger partial charge in [0.25, 0.3) is 0 Å². The van der Waals surface area contributed by atoms with Crippen LogP contribution in [-0.2, 0) is 27.0 Å². The number of hydrogen-bond donors (Lipinski definition) is 1. The molecule has 1 aromatic rings. The molecule has 0 unspecified atom stereocenters. The Hall–Kier alpha value is -1.61. The quantitative estimate of drug-likeness (QED) is 0.693. The number of aromatic nitrogens is 2. The summed E-state index contributed by atoms with van der Waals surface area (Å²) in [5.41, 5.74) is -1.01. The number of methoxy groups -OCH3 is 1. The molecule has 0 saturated heterocycles. The maximum Gasteiger partial charge on any atom is 0.435 e. The van der Waals surface area contributed by atoms with E-state index in [1.165, 1.54) is 0 Å². The van der Waals surface area contributed by atoms with Crippen molar-refractivity contribution in [2.45, 2.75) is 19.1 Å². The third kappa shape index (κ3) is 7.09. The highest BCUT2D eigenvalue weighted by Crippen LogP contribution is 2.27. The van der Waals surface area contributed by atoms with Crippen molar-refractivity contribution in [1.29, 1.82) is 0 Å². The summed E-state index contributed by atoms with van der Waals surface area (Å²) in [6, 6.07) is 0.830. The van der Waals surface area contributed by atoms with Gasteiger partial charge in [0, 0.05) is 26.5 Å². The number of hydrogen-bond acceptors (Lipinski definition) is 4.